The van der Waals surface area contributed by atoms with Gasteiger partial charge in [0, 0.05) is 12.2 Å². The molecule has 1 heterocycles. The number of hydrazone groups is 1. The standard InChI is InChI=1S/C16H17N5S2/c1-23-15-12(8-17)4-5-18-14(15)9-19-21-16(22)20-13-7-10-2-3-11(13)6-10/h2-5,9-11,13H,6-7H2,1H3,(H2,20,21,22). The van der Waals surface area contributed by atoms with E-state index in [2.05, 4.69) is 39.0 Å². The van der Waals surface area contributed by atoms with Crippen LogP contribution in [0.25, 0.3) is 0 Å². The van der Waals surface area contributed by atoms with Crippen molar-refractivity contribution < 1.29 is 0 Å². The van der Waals surface area contributed by atoms with Gasteiger partial charge in [0.1, 0.15) is 6.07 Å². The van der Waals surface area contributed by atoms with Crippen molar-refractivity contribution in [2.45, 2.75) is 23.8 Å². The van der Waals surface area contributed by atoms with Gasteiger partial charge in [-0.3, -0.25) is 10.4 Å². The number of nitriles is 1. The fourth-order valence-corrected chi connectivity index (χ4v) is 4.01. The molecule has 2 bridgehead atoms. The fourth-order valence-electron chi connectivity index (χ4n) is 3.16. The summed E-state index contributed by atoms with van der Waals surface area (Å²) in [6.07, 6.45) is 12.1. The Bertz CT molecular complexity index is 707. The monoisotopic (exact) mass is 343 g/mol. The number of thioether (sulfide) groups is 1. The van der Waals surface area contributed by atoms with Gasteiger partial charge in [0.2, 0.25) is 0 Å². The molecule has 5 nitrogen and oxygen atoms in total. The summed E-state index contributed by atoms with van der Waals surface area (Å²) in [6, 6.07) is 4.27. The molecule has 3 unspecified atom stereocenters. The average molecular weight is 343 g/mol. The molecule has 1 aromatic rings. The van der Waals surface area contributed by atoms with Crippen LogP contribution >= 0.6 is 24.0 Å². The Labute approximate surface area is 145 Å². The van der Waals surface area contributed by atoms with E-state index in [1.54, 1.807) is 18.5 Å². The smallest absolute Gasteiger partial charge is 0.187 e. The molecule has 1 saturated carbocycles. The number of hydrogen-bond donors (Lipinski definition) is 2. The van der Waals surface area contributed by atoms with Crippen molar-refractivity contribution in [2.24, 2.45) is 16.9 Å². The molecule has 3 atom stereocenters. The Hall–Kier alpha value is -1.91. The molecule has 0 saturated heterocycles. The maximum atomic E-state index is 9.11. The van der Waals surface area contributed by atoms with E-state index in [1.807, 2.05) is 6.26 Å². The lowest BCUT2D eigenvalue weighted by atomic mass is 10.0. The first-order valence-electron chi connectivity index (χ1n) is 7.42. The van der Waals surface area contributed by atoms with Gasteiger partial charge in [0.25, 0.3) is 0 Å². The minimum atomic E-state index is 0.405. The highest BCUT2D eigenvalue weighted by Gasteiger charge is 2.35. The summed E-state index contributed by atoms with van der Waals surface area (Å²) in [4.78, 5) is 5.07. The van der Waals surface area contributed by atoms with Gasteiger partial charge in [-0.2, -0.15) is 10.4 Å². The third-order valence-corrected chi connectivity index (χ3v) is 5.25. The van der Waals surface area contributed by atoms with Crippen LogP contribution in [-0.2, 0) is 0 Å². The molecule has 23 heavy (non-hydrogen) atoms. The molecule has 0 spiro atoms. The van der Waals surface area contributed by atoms with Gasteiger partial charge >= 0.3 is 0 Å². The lowest BCUT2D eigenvalue weighted by Crippen LogP contribution is -2.42. The van der Waals surface area contributed by atoms with Crippen molar-refractivity contribution >= 4 is 35.3 Å². The zero-order chi connectivity index (χ0) is 16.2. The Morgan fingerprint density at radius 2 is 2.39 bits per heavy atom. The van der Waals surface area contributed by atoms with E-state index in [4.69, 9.17) is 17.5 Å². The Kier molecular flexibility index (Phi) is 4.94. The van der Waals surface area contributed by atoms with Crippen LogP contribution in [0.5, 0.6) is 0 Å². The molecule has 0 aliphatic heterocycles. The summed E-state index contributed by atoms with van der Waals surface area (Å²) in [5, 5.41) is 17.1. The number of thiocarbonyl (C=S) groups is 1. The second-order valence-electron chi connectivity index (χ2n) is 5.62. The second kappa shape index (κ2) is 7.11. The second-order valence-corrected chi connectivity index (χ2v) is 6.84. The van der Waals surface area contributed by atoms with Gasteiger partial charge in [-0.25, -0.2) is 0 Å². The Morgan fingerprint density at radius 1 is 1.52 bits per heavy atom. The van der Waals surface area contributed by atoms with E-state index >= 15 is 0 Å². The Balaban J connectivity index is 1.58. The van der Waals surface area contributed by atoms with E-state index in [-0.39, 0.29) is 0 Å². The summed E-state index contributed by atoms with van der Waals surface area (Å²) < 4.78 is 0. The first kappa shape index (κ1) is 16.0. The van der Waals surface area contributed by atoms with Crippen LogP contribution in [0.1, 0.15) is 24.1 Å². The van der Waals surface area contributed by atoms with Gasteiger partial charge < -0.3 is 5.32 Å². The fraction of sp³-hybridized carbons (Fsp3) is 0.375. The molecular weight excluding hydrogens is 326 g/mol. The molecule has 0 amide bonds. The van der Waals surface area contributed by atoms with Crippen LogP contribution in [-0.4, -0.2) is 28.6 Å². The van der Waals surface area contributed by atoms with E-state index in [0.717, 1.165) is 11.3 Å². The maximum Gasteiger partial charge on any atom is 0.187 e. The molecule has 7 heteroatoms. The lowest BCUT2D eigenvalue weighted by Gasteiger charge is -2.20. The van der Waals surface area contributed by atoms with Gasteiger partial charge in [0.15, 0.2) is 5.11 Å². The minimum Gasteiger partial charge on any atom is -0.358 e. The molecule has 1 aromatic heterocycles. The lowest BCUT2D eigenvalue weighted by molar-refractivity contribution is 0.521. The minimum absolute atomic E-state index is 0.405. The quantitative estimate of drug-likeness (QED) is 0.288. The van der Waals surface area contributed by atoms with Gasteiger partial charge in [-0.1, -0.05) is 12.2 Å². The number of nitrogens with zero attached hydrogens (tertiary/aromatic N) is 3. The molecule has 118 valence electrons. The molecule has 0 radical (unpaired) electrons. The van der Waals surface area contributed by atoms with E-state index in [9.17, 15) is 0 Å². The van der Waals surface area contributed by atoms with Crippen LogP contribution < -0.4 is 10.7 Å². The highest BCUT2D eigenvalue weighted by atomic mass is 32.2. The van der Waals surface area contributed by atoms with Crippen LogP contribution in [0.2, 0.25) is 0 Å². The van der Waals surface area contributed by atoms with Crippen molar-refractivity contribution in [3.05, 3.63) is 35.7 Å². The van der Waals surface area contributed by atoms with Crippen LogP contribution in [0.15, 0.2) is 34.4 Å². The summed E-state index contributed by atoms with van der Waals surface area (Å²) in [6.45, 7) is 0. The van der Waals surface area contributed by atoms with E-state index in [0.29, 0.717) is 34.2 Å². The molecule has 2 aliphatic rings. The average Bonchev–Trinajstić information content (AvgIpc) is 3.17. The van der Waals surface area contributed by atoms with Gasteiger partial charge in [0.05, 0.1) is 22.4 Å². The number of allylic oxidation sites excluding steroid dienone is 1. The van der Waals surface area contributed by atoms with Crippen molar-refractivity contribution in [3.8, 4) is 6.07 Å². The largest absolute Gasteiger partial charge is 0.358 e. The van der Waals surface area contributed by atoms with Gasteiger partial charge in [-0.15, -0.1) is 11.8 Å². The highest BCUT2D eigenvalue weighted by Crippen LogP contribution is 2.38. The van der Waals surface area contributed by atoms with Crippen LogP contribution in [0.3, 0.4) is 0 Å². The van der Waals surface area contributed by atoms with E-state index < -0.39 is 0 Å². The third-order valence-electron chi connectivity index (χ3n) is 4.20. The summed E-state index contributed by atoms with van der Waals surface area (Å²) in [5.41, 5.74) is 4.10. The van der Waals surface area contributed by atoms with Crippen LogP contribution in [0.4, 0.5) is 0 Å². The molecule has 2 aliphatic carbocycles. The number of nitrogens with one attached hydrogen (secondary N) is 2. The zero-order valence-electron chi connectivity index (χ0n) is 12.7. The normalized spacial score (nSPS) is 24.8. The molecular formula is C16H17N5S2. The summed E-state index contributed by atoms with van der Waals surface area (Å²) >= 11 is 6.77. The Morgan fingerprint density at radius 3 is 3.04 bits per heavy atom. The SMILES string of the molecule is CSc1c(C#N)ccnc1C=NNC(=S)NC1CC2C=CC1C2. The molecule has 3 rings (SSSR count). The first-order valence-corrected chi connectivity index (χ1v) is 9.05. The summed E-state index contributed by atoms with van der Waals surface area (Å²) in [5.74, 6) is 1.28. The molecule has 1 fully saturated rings. The van der Waals surface area contributed by atoms with Crippen molar-refractivity contribution in [1.82, 2.24) is 15.7 Å². The highest BCUT2D eigenvalue weighted by molar-refractivity contribution is 7.98. The third kappa shape index (κ3) is 3.54. The topological polar surface area (TPSA) is 73.1 Å². The van der Waals surface area contributed by atoms with Crippen molar-refractivity contribution in [2.75, 3.05) is 6.26 Å². The number of fused-ring (bicyclic) bond motifs is 2. The number of aromatic nitrogens is 1. The number of pyridine rings is 1. The zero-order valence-corrected chi connectivity index (χ0v) is 14.3. The van der Waals surface area contributed by atoms with Crippen molar-refractivity contribution in [3.63, 3.8) is 0 Å². The van der Waals surface area contributed by atoms with Crippen molar-refractivity contribution in [1.29, 1.82) is 5.26 Å². The molecule has 2 N–H and O–H groups in total. The van der Waals surface area contributed by atoms with Gasteiger partial charge in [-0.05, 0) is 49.2 Å². The molecule has 0 aromatic carbocycles. The predicted octanol–water partition coefficient (Wildman–Crippen LogP) is 2.44. The summed E-state index contributed by atoms with van der Waals surface area (Å²) in [7, 11) is 0. The van der Waals surface area contributed by atoms with Crippen LogP contribution in [0, 0.1) is 23.2 Å². The predicted molar refractivity (Wildman–Crippen MR) is 96.3 cm³/mol. The number of hydrogen-bond acceptors (Lipinski definition) is 5. The van der Waals surface area contributed by atoms with E-state index in [1.165, 1.54) is 18.2 Å². The maximum absolute atomic E-state index is 9.11. The first-order chi connectivity index (χ1) is 11.2. The number of rotatable bonds is 4.